The number of hydrogen-bond acceptors (Lipinski definition) is 6. The summed E-state index contributed by atoms with van der Waals surface area (Å²) >= 11 is 0. The van der Waals surface area contributed by atoms with E-state index in [1.54, 1.807) is 22.9 Å². The molecule has 3 aromatic heterocycles. The number of ether oxygens (including phenoxy) is 2. The van der Waals surface area contributed by atoms with Crippen LogP contribution in [0, 0.1) is 0 Å². The lowest BCUT2D eigenvalue weighted by atomic mass is 9.79. The molecule has 0 N–H and O–H groups in total. The highest BCUT2D eigenvalue weighted by Crippen LogP contribution is 2.48. The number of halogens is 3. The molecule has 1 aliphatic carbocycles. The Balaban J connectivity index is 1.59. The van der Waals surface area contributed by atoms with Crippen molar-refractivity contribution >= 4 is 5.65 Å². The van der Waals surface area contributed by atoms with Gasteiger partial charge in [-0.05, 0) is 39.2 Å². The third-order valence-electron chi connectivity index (χ3n) is 5.11. The average Bonchev–Trinajstić information content (AvgIpc) is 3.07. The molecule has 0 saturated heterocycles. The zero-order valence-electron chi connectivity index (χ0n) is 16.0. The van der Waals surface area contributed by atoms with Crippen molar-refractivity contribution in [1.82, 2.24) is 24.6 Å². The number of hydrogen-bond donors (Lipinski definition) is 0. The van der Waals surface area contributed by atoms with Crippen LogP contribution in [-0.2, 0) is 4.74 Å². The molecule has 0 spiro atoms. The second kappa shape index (κ2) is 7.25. The SMILES string of the molecule is CCOC(C)c1nnc2cnc(-c3ccc(OC4(C(F)(F)F)CCC4)nc3)cn12. The Labute approximate surface area is 164 Å². The molecule has 1 fully saturated rings. The molecular formula is C19H20F3N5O2. The normalized spacial score (nSPS) is 17.1. The summed E-state index contributed by atoms with van der Waals surface area (Å²) < 4.78 is 52.4. The highest BCUT2D eigenvalue weighted by atomic mass is 19.4. The first-order valence-electron chi connectivity index (χ1n) is 9.37. The fourth-order valence-corrected chi connectivity index (χ4v) is 3.30. The van der Waals surface area contributed by atoms with Crippen LogP contribution in [0.5, 0.6) is 5.88 Å². The second-order valence-corrected chi connectivity index (χ2v) is 6.99. The van der Waals surface area contributed by atoms with Gasteiger partial charge in [0.1, 0.15) is 6.10 Å². The van der Waals surface area contributed by atoms with Crippen molar-refractivity contribution in [2.24, 2.45) is 0 Å². The summed E-state index contributed by atoms with van der Waals surface area (Å²) in [5.74, 6) is 0.581. The lowest BCUT2D eigenvalue weighted by molar-refractivity contribution is -0.275. The largest absolute Gasteiger partial charge is 0.461 e. The maximum atomic E-state index is 13.3. The van der Waals surface area contributed by atoms with Crippen molar-refractivity contribution < 1.29 is 22.6 Å². The van der Waals surface area contributed by atoms with Crippen LogP contribution < -0.4 is 4.74 Å². The maximum absolute atomic E-state index is 13.3. The third-order valence-corrected chi connectivity index (χ3v) is 5.11. The van der Waals surface area contributed by atoms with Crippen LogP contribution in [0.15, 0.2) is 30.7 Å². The fraction of sp³-hybridized carbons (Fsp3) is 0.474. The van der Waals surface area contributed by atoms with Crippen molar-refractivity contribution in [3.05, 3.63) is 36.5 Å². The molecule has 0 aromatic carbocycles. The van der Waals surface area contributed by atoms with Gasteiger partial charge in [0.2, 0.25) is 11.5 Å². The van der Waals surface area contributed by atoms with Crippen LogP contribution in [0.1, 0.15) is 45.0 Å². The molecule has 0 aliphatic heterocycles. The molecule has 7 nitrogen and oxygen atoms in total. The predicted molar refractivity (Wildman–Crippen MR) is 97.3 cm³/mol. The van der Waals surface area contributed by atoms with Gasteiger partial charge < -0.3 is 9.47 Å². The molecule has 1 aliphatic rings. The third kappa shape index (κ3) is 3.52. The van der Waals surface area contributed by atoms with Gasteiger partial charge in [0.05, 0.1) is 11.9 Å². The van der Waals surface area contributed by atoms with Gasteiger partial charge in [-0.2, -0.15) is 13.2 Å². The molecule has 3 aromatic rings. The molecule has 10 heteroatoms. The molecule has 0 amide bonds. The minimum Gasteiger partial charge on any atom is -0.461 e. The second-order valence-electron chi connectivity index (χ2n) is 6.99. The van der Waals surface area contributed by atoms with Gasteiger partial charge >= 0.3 is 6.18 Å². The predicted octanol–water partition coefficient (Wildman–Crippen LogP) is 4.15. The highest BCUT2D eigenvalue weighted by Gasteiger charge is 2.61. The summed E-state index contributed by atoms with van der Waals surface area (Å²) in [4.78, 5) is 8.40. The first-order valence-corrected chi connectivity index (χ1v) is 9.37. The van der Waals surface area contributed by atoms with E-state index in [-0.39, 0.29) is 24.8 Å². The van der Waals surface area contributed by atoms with Crippen LogP contribution in [0.4, 0.5) is 13.2 Å². The first kappa shape index (κ1) is 19.6. The monoisotopic (exact) mass is 407 g/mol. The van der Waals surface area contributed by atoms with E-state index in [0.717, 1.165) is 0 Å². The maximum Gasteiger partial charge on any atom is 0.428 e. The van der Waals surface area contributed by atoms with Crippen molar-refractivity contribution in [3.8, 4) is 17.1 Å². The summed E-state index contributed by atoms with van der Waals surface area (Å²) in [6.45, 7) is 4.32. The number of rotatable bonds is 6. The Kier molecular flexibility index (Phi) is 4.89. The summed E-state index contributed by atoms with van der Waals surface area (Å²) in [5.41, 5.74) is -0.334. The topological polar surface area (TPSA) is 74.4 Å². The molecule has 4 rings (SSSR count). The molecule has 1 unspecified atom stereocenters. The van der Waals surface area contributed by atoms with E-state index in [9.17, 15) is 13.2 Å². The van der Waals surface area contributed by atoms with Crippen LogP contribution in [0.25, 0.3) is 16.9 Å². The van der Waals surface area contributed by atoms with E-state index in [2.05, 4.69) is 20.2 Å². The molecule has 29 heavy (non-hydrogen) atoms. The highest BCUT2D eigenvalue weighted by molar-refractivity contribution is 5.59. The number of aromatic nitrogens is 5. The van der Waals surface area contributed by atoms with Gasteiger partial charge in [-0.15, -0.1) is 10.2 Å². The summed E-state index contributed by atoms with van der Waals surface area (Å²) in [7, 11) is 0. The molecule has 154 valence electrons. The minimum atomic E-state index is -4.42. The van der Waals surface area contributed by atoms with E-state index in [4.69, 9.17) is 9.47 Å². The van der Waals surface area contributed by atoms with Gasteiger partial charge in [0.15, 0.2) is 11.5 Å². The number of fused-ring (bicyclic) bond motifs is 1. The van der Waals surface area contributed by atoms with Gasteiger partial charge in [-0.3, -0.25) is 9.38 Å². The van der Waals surface area contributed by atoms with E-state index in [1.807, 2.05) is 13.8 Å². The van der Waals surface area contributed by atoms with Crippen LogP contribution >= 0.6 is 0 Å². The Morgan fingerprint density at radius 2 is 1.97 bits per heavy atom. The van der Waals surface area contributed by atoms with Gasteiger partial charge in [0.25, 0.3) is 0 Å². The quantitative estimate of drug-likeness (QED) is 0.611. The summed E-state index contributed by atoms with van der Waals surface area (Å²) in [6, 6.07) is 3.07. The van der Waals surface area contributed by atoms with Gasteiger partial charge in [-0.1, -0.05) is 0 Å². The average molecular weight is 407 g/mol. The lowest BCUT2D eigenvalue weighted by Gasteiger charge is -2.42. The molecule has 0 bridgehead atoms. The van der Waals surface area contributed by atoms with E-state index in [0.29, 0.717) is 35.8 Å². The minimum absolute atomic E-state index is 0.0490. The Bertz CT molecular complexity index is 999. The first-order chi connectivity index (χ1) is 13.8. The van der Waals surface area contributed by atoms with E-state index < -0.39 is 11.8 Å². The van der Waals surface area contributed by atoms with Crippen molar-refractivity contribution in [3.63, 3.8) is 0 Å². The standard InChI is InChI=1S/C19H20F3N5O2/c1-3-28-12(2)17-26-25-15-10-23-14(11-27(15)17)13-5-6-16(24-9-13)29-18(7-4-8-18)19(20,21)22/h5-6,9-12H,3-4,7-8H2,1-2H3. The zero-order chi connectivity index (χ0) is 20.6. The summed E-state index contributed by atoms with van der Waals surface area (Å²) in [6.07, 6.45) is 0.494. The van der Waals surface area contributed by atoms with Crippen molar-refractivity contribution in [2.75, 3.05) is 6.61 Å². The molecular weight excluding hydrogens is 387 g/mol. The van der Waals surface area contributed by atoms with Gasteiger partial charge in [-0.25, -0.2) is 4.98 Å². The van der Waals surface area contributed by atoms with E-state index in [1.165, 1.54) is 12.3 Å². The molecule has 1 saturated carbocycles. The Morgan fingerprint density at radius 3 is 2.55 bits per heavy atom. The van der Waals surface area contributed by atoms with Crippen molar-refractivity contribution in [1.29, 1.82) is 0 Å². The van der Waals surface area contributed by atoms with Crippen LogP contribution in [0.3, 0.4) is 0 Å². The number of alkyl halides is 3. The fourth-order valence-electron chi connectivity index (χ4n) is 3.30. The smallest absolute Gasteiger partial charge is 0.428 e. The molecule has 1 atom stereocenters. The Hall–Kier alpha value is -2.75. The Morgan fingerprint density at radius 1 is 1.17 bits per heavy atom. The number of pyridine rings is 1. The van der Waals surface area contributed by atoms with Gasteiger partial charge in [0, 0.05) is 30.6 Å². The number of nitrogens with zero attached hydrogens (tertiary/aromatic N) is 5. The molecule has 0 radical (unpaired) electrons. The lowest BCUT2D eigenvalue weighted by Crippen LogP contribution is -2.55. The van der Waals surface area contributed by atoms with Crippen LogP contribution in [-0.4, -0.2) is 43.0 Å². The van der Waals surface area contributed by atoms with Crippen LogP contribution in [0.2, 0.25) is 0 Å². The molecule has 3 heterocycles. The van der Waals surface area contributed by atoms with E-state index >= 15 is 0 Å². The van der Waals surface area contributed by atoms with Crippen molar-refractivity contribution in [2.45, 2.75) is 51.0 Å². The summed E-state index contributed by atoms with van der Waals surface area (Å²) in [5, 5.41) is 8.23. The zero-order valence-corrected chi connectivity index (χ0v) is 16.0.